The van der Waals surface area contributed by atoms with Crippen molar-refractivity contribution in [2.45, 2.75) is 38.3 Å². The number of nitrogens with zero attached hydrogens (tertiary/aromatic N) is 2. The van der Waals surface area contributed by atoms with Crippen LogP contribution >= 0.6 is 35.4 Å². The third-order valence-corrected chi connectivity index (χ3v) is 6.55. The summed E-state index contributed by atoms with van der Waals surface area (Å²) in [6.07, 6.45) is 3.60. The van der Waals surface area contributed by atoms with Crippen molar-refractivity contribution in [2.75, 3.05) is 0 Å². The number of carbonyl (C=O) groups is 1. The van der Waals surface area contributed by atoms with Crippen molar-refractivity contribution in [3.63, 3.8) is 0 Å². The molecule has 0 radical (unpaired) electrons. The first-order valence-corrected chi connectivity index (χ1v) is 10.6. The Kier molecular flexibility index (Phi) is 5.30. The third kappa shape index (κ3) is 3.38. The summed E-state index contributed by atoms with van der Waals surface area (Å²) in [4.78, 5) is 20.6. The maximum absolute atomic E-state index is 13.4. The minimum Gasteiger partial charge on any atom is -0.271 e. The standard InChI is InChI=1S/C22H20Cl2N2OS/c1-14-9-11-22(12-10-14)25-19(17-8-7-16(23)13-18(17)24)21(28)26(22)20(27)15-5-3-2-4-6-15/h2-8,13-14H,9-12H2,1H3. The van der Waals surface area contributed by atoms with Crippen molar-refractivity contribution in [3.8, 4) is 0 Å². The lowest BCUT2D eigenvalue weighted by molar-refractivity contribution is 0.0613. The molecule has 1 fully saturated rings. The molecule has 0 N–H and O–H groups in total. The van der Waals surface area contributed by atoms with Gasteiger partial charge in [0, 0.05) is 16.1 Å². The van der Waals surface area contributed by atoms with Crippen LogP contribution in [0.2, 0.25) is 10.0 Å². The highest BCUT2D eigenvalue weighted by Crippen LogP contribution is 2.43. The summed E-state index contributed by atoms with van der Waals surface area (Å²) in [6, 6.07) is 14.5. The van der Waals surface area contributed by atoms with Crippen LogP contribution in [0.25, 0.3) is 0 Å². The van der Waals surface area contributed by atoms with Gasteiger partial charge in [0.25, 0.3) is 5.91 Å². The van der Waals surface area contributed by atoms with E-state index in [4.69, 9.17) is 40.4 Å². The smallest absolute Gasteiger partial charge is 0.260 e. The van der Waals surface area contributed by atoms with E-state index in [1.54, 1.807) is 17.0 Å². The van der Waals surface area contributed by atoms with Gasteiger partial charge in [-0.1, -0.05) is 60.5 Å². The molecule has 2 aromatic rings. The van der Waals surface area contributed by atoms with Crippen LogP contribution in [0.5, 0.6) is 0 Å². The Hall–Kier alpha value is -1.75. The monoisotopic (exact) mass is 430 g/mol. The van der Waals surface area contributed by atoms with Crippen LogP contribution in [0.1, 0.15) is 48.5 Å². The van der Waals surface area contributed by atoms with Gasteiger partial charge < -0.3 is 0 Å². The van der Waals surface area contributed by atoms with Gasteiger partial charge in [-0.15, -0.1) is 0 Å². The molecule has 6 heteroatoms. The first-order valence-electron chi connectivity index (χ1n) is 9.40. The number of aliphatic imine (C=N–C) groups is 1. The van der Waals surface area contributed by atoms with E-state index in [2.05, 4.69) is 6.92 Å². The van der Waals surface area contributed by atoms with E-state index >= 15 is 0 Å². The predicted octanol–water partition coefficient (Wildman–Crippen LogP) is 6.17. The van der Waals surface area contributed by atoms with Gasteiger partial charge in [0.1, 0.15) is 16.4 Å². The Morgan fingerprint density at radius 3 is 2.46 bits per heavy atom. The first kappa shape index (κ1) is 19.6. The molecule has 1 heterocycles. The Morgan fingerprint density at radius 1 is 1.14 bits per heavy atom. The second-order valence-electron chi connectivity index (χ2n) is 7.56. The summed E-state index contributed by atoms with van der Waals surface area (Å²) in [7, 11) is 0. The maximum atomic E-state index is 13.4. The highest BCUT2D eigenvalue weighted by Gasteiger charge is 2.50. The van der Waals surface area contributed by atoms with E-state index in [0.29, 0.717) is 32.2 Å². The van der Waals surface area contributed by atoms with Crippen LogP contribution in [0.3, 0.4) is 0 Å². The molecule has 0 unspecified atom stereocenters. The van der Waals surface area contributed by atoms with Gasteiger partial charge >= 0.3 is 0 Å². The third-order valence-electron chi connectivity index (χ3n) is 5.63. The summed E-state index contributed by atoms with van der Waals surface area (Å²) in [5.41, 5.74) is 1.31. The molecule has 3 nitrogen and oxygen atoms in total. The van der Waals surface area contributed by atoms with Crippen LogP contribution in [-0.2, 0) is 0 Å². The molecule has 2 aromatic carbocycles. The minimum absolute atomic E-state index is 0.107. The average molecular weight is 431 g/mol. The quantitative estimate of drug-likeness (QED) is 0.533. The number of rotatable bonds is 2. The van der Waals surface area contributed by atoms with E-state index in [0.717, 1.165) is 31.2 Å². The van der Waals surface area contributed by atoms with Crippen molar-refractivity contribution in [1.29, 1.82) is 0 Å². The van der Waals surface area contributed by atoms with Gasteiger partial charge in [-0.25, -0.2) is 0 Å². The second-order valence-corrected chi connectivity index (χ2v) is 8.79. The predicted molar refractivity (Wildman–Crippen MR) is 119 cm³/mol. The van der Waals surface area contributed by atoms with Crippen LogP contribution in [0, 0.1) is 5.92 Å². The Morgan fingerprint density at radius 2 is 1.82 bits per heavy atom. The van der Waals surface area contributed by atoms with Gasteiger partial charge in [-0.05, 0) is 61.9 Å². The number of carbonyl (C=O) groups excluding carboxylic acids is 1. The second kappa shape index (κ2) is 7.58. The maximum Gasteiger partial charge on any atom is 0.260 e. The number of thiocarbonyl (C=S) groups is 1. The summed E-state index contributed by atoms with van der Waals surface area (Å²) in [5.74, 6) is 0.509. The van der Waals surface area contributed by atoms with Crippen molar-refractivity contribution < 1.29 is 4.79 Å². The van der Waals surface area contributed by atoms with Crippen molar-refractivity contribution in [2.24, 2.45) is 10.9 Å². The average Bonchev–Trinajstić information content (AvgIpc) is 2.96. The number of hydrogen-bond acceptors (Lipinski definition) is 3. The lowest BCUT2D eigenvalue weighted by Gasteiger charge is -2.40. The summed E-state index contributed by atoms with van der Waals surface area (Å²) >= 11 is 18.3. The van der Waals surface area contributed by atoms with Gasteiger partial charge in [0.2, 0.25) is 0 Å². The molecule has 1 amide bonds. The topological polar surface area (TPSA) is 32.7 Å². The van der Waals surface area contributed by atoms with Gasteiger partial charge in [0.15, 0.2) is 0 Å². The number of benzene rings is 2. The first-order chi connectivity index (χ1) is 13.4. The fourth-order valence-electron chi connectivity index (χ4n) is 4.01. The molecular weight excluding hydrogens is 411 g/mol. The highest BCUT2D eigenvalue weighted by molar-refractivity contribution is 7.82. The molecule has 1 aliphatic heterocycles. The van der Waals surface area contributed by atoms with Crippen LogP contribution in [0.15, 0.2) is 53.5 Å². The molecule has 2 aliphatic rings. The lowest BCUT2D eigenvalue weighted by Crippen LogP contribution is -2.51. The molecule has 1 aliphatic carbocycles. The number of halogens is 2. The van der Waals surface area contributed by atoms with Crippen LogP contribution < -0.4 is 0 Å². The number of amides is 1. The molecule has 0 aromatic heterocycles. The molecule has 1 saturated carbocycles. The molecule has 0 bridgehead atoms. The molecular formula is C22H20Cl2N2OS. The minimum atomic E-state index is -0.630. The fourth-order valence-corrected chi connectivity index (χ4v) is 4.92. The Bertz CT molecular complexity index is 966. The van der Waals surface area contributed by atoms with Crippen molar-refractivity contribution in [1.82, 2.24) is 4.90 Å². The zero-order valence-corrected chi connectivity index (χ0v) is 17.8. The van der Waals surface area contributed by atoms with Crippen LogP contribution in [0.4, 0.5) is 0 Å². The molecule has 0 saturated heterocycles. The Balaban J connectivity index is 1.80. The largest absolute Gasteiger partial charge is 0.271 e. The van der Waals surface area contributed by atoms with Crippen molar-refractivity contribution >= 4 is 52.0 Å². The lowest BCUT2D eigenvalue weighted by atomic mass is 9.82. The Labute approximate surface area is 180 Å². The molecule has 144 valence electrons. The molecule has 4 rings (SSSR count). The van der Waals surface area contributed by atoms with Crippen LogP contribution in [-0.4, -0.2) is 27.2 Å². The van der Waals surface area contributed by atoms with Gasteiger partial charge in [-0.3, -0.25) is 14.7 Å². The molecule has 0 atom stereocenters. The van der Waals surface area contributed by atoms with E-state index < -0.39 is 5.66 Å². The van der Waals surface area contributed by atoms with Gasteiger partial charge in [0.05, 0.1) is 5.02 Å². The SMILES string of the molecule is CC1CCC2(CC1)N=C(c1ccc(Cl)cc1Cl)C(=S)N2C(=O)c1ccccc1. The summed E-state index contributed by atoms with van der Waals surface area (Å²) in [5, 5.41) is 1.04. The van der Waals surface area contributed by atoms with Crippen molar-refractivity contribution in [3.05, 3.63) is 69.7 Å². The number of hydrogen-bond donors (Lipinski definition) is 0. The van der Waals surface area contributed by atoms with E-state index in [1.165, 1.54) is 0 Å². The van der Waals surface area contributed by atoms with E-state index in [9.17, 15) is 4.79 Å². The summed E-state index contributed by atoms with van der Waals surface area (Å²) in [6.45, 7) is 2.24. The highest BCUT2D eigenvalue weighted by atomic mass is 35.5. The molecule has 1 spiro atoms. The molecule has 28 heavy (non-hydrogen) atoms. The van der Waals surface area contributed by atoms with Gasteiger partial charge in [-0.2, -0.15) is 0 Å². The summed E-state index contributed by atoms with van der Waals surface area (Å²) < 4.78 is 0. The van der Waals surface area contributed by atoms with E-state index in [-0.39, 0.29) is 5.91 Å². The zero-order valence-electron chi connectivity index (χ0n) is 15.5. The zero-order chi connectivity index (χ0) is 19.9. The fraction of sp³-hybridized carbons (Fsp3) is 0.318. The van der Waals surface area contributed by atoms with E-state index in [1.807, 2.05) is 36.4 Å². The normalized spacial score (nSPS) is 24.5.